The van der Waals surface area contributed by atoms with Crippen molar-refractivity contribution in [3.05, 3.63) is 101 Å². The van der Waals surface area contributed by atoms with Crippen molar-refractivity contribution in [2.75, 3.05) is 11.9 Å². The zero-order chi connectivity index (χ0) is 21.3. The van der Waals surface area contributed by atoms with Crippen LogP contribution < -0.4 is 14.8 Å². The van der Waals surface area contributed by atoms with Gasteiger partial charge >= 0.3 is 0 Å². The Morgan fingerprint density at radius 2 is 1.70 bits per heavy atom. The number of allylic oxidation sites excluding steroid dienone is 1. The molecule has 0 saturated carbocycles. The fourth-order valence-corrected chi connectivity index (χ4v) is 3.36. The topological polar surface area (TPSA) is 30.5 Å². The first-order valence-electron chi connectivity index (χ1n) is 10.5. The number of hydrogen-bond acceptors (Lipinski definition) is 3. The molecule has 3 heteroatoms. The van der Waals surface area contributed by atoms with Crippen LogP contribution in [-0.2, 0) is 19.6 Å². The van der Waals surface area contributed by atoms with Crippen molar-refractivity contribution in [3.8, 4) is 11.5 Å². The molecular formula is C27H31NO2. The molecule has 0 atom stereocenters. The van der Waals surface area contributed by atoms with Gasteiger partial charge < -0.3 is 14.8 Å². The molecular weight excluding hydrogens is 370 g/mol. The van der Waals surface area contributed by atoms with E-state index in [4.69, 9.17) is 9.47 Å². The summed E-state index contributed by atoms with van der Waals surface area (Å²) in [5.74, 6) is 1.58. The van der Waals surface area contributed by atoms with Crippen LogP contribution in [0, 0.1) is 13.8 Å². The lowest BCUT2D eigenvalue weighted by molar-refractivity contribution is 0.267. The molecule has 0 spiro atoms. The predicted octanol–water partition coefficient (Wildman–Crippen LogP) is 6.62. The van der Waals surface area contributed by atoms with Crippen LogP contribution in [-0.4, -0.2) is 6.61 Å². The van der Waals surface area contributed by atoms with Crippen LogP contribution in [0.25, 0.3) is 0 Å². The largest absolute Gasteiger partial charge is 0.490 e. The van der Waals surface area contributed by atoms with Gasteiger partial charge in [-0.2, -0.15) is 0 Å². The molecule has 0 aliphatic heterocycles. The van der Waals surface area contributed by atoms with Gasteiger partial charge in [0.15, 0.2) is 11.5 Å². The van der Waals surface area contributed by atoms with Crippen molar-refractivity contribution in [2.24, 2.45) is 0 Å². The minimum absolute atomic E-state index is 0.505. The van der Waals surface area contributed by atoms with E-state index in [1.807, 2.05) is 13.0 Å². The molecule has 3 nitrogen and oxygen atoms in total. The lowest BCUT2D eigenvalue weighted by Crippen LogP contribution is -2.06. The van der Waals surface area contributed by atoms with Crippen molar-refractivity contribution >= 4 is 5.69 Å². The SMILES string of the molecule is C=CCc1cc(CNc2cccc(C)c2)cc(OCC)c1OCc1ccc(C)cc1. The van der Waals surface area contributed by atoms with Gasteiger partial charge in [0.05, 0.1) is 6.61 Å². The maximum atomic E-state index is 6.24. The Hall–Kier alpha value is -3.20. The van der Waals surface area contributed by atoms with Crippen LogP contribution >= 0.6 is 0 Å². The van der Waals surface area contributed by atoms with Crippen molar-refractivity contribution in [2.45, 2.75) is 40.3 Å². The first-order valence-corrected chi connectivity index (χ1v) is 10.5. The first kappa shape index (κ1) is 21.5. The third-order valence-electron chi connectivity index (χ3n) is 4.87. The maximum Gasteiger partial charge on any atom is 0.165 e. The summed E-state index contributed by atoms with van der Waals surface area (Å²) in [6, 6.07) is 21.1. The Morgan fingerprint density at radius 1 is 0.900 bits per heavy atom. The molecule has 0 radical (unpaired) electrons. The normalized spacial score (nSPS) is 10.5. The van der Waals surface area contributed by atoms with Gasteiger partial charge in [-0.15, -0.1) is 6.58 Å². The summed E-state index contributed by atoms with van der Waals surface area (Å²) >= 11 is 0. The summed E-state index contributed by atoms with van der Waals surface area (Å²) in [4.78, 5) is 0. The van der Waals surface area contributed by atoms with Crippen LogP contribution in [0.3, 0.4) is 0 Å². The van der Waals surface area contributed by atoms with E-state index in [1.165, 1.54) is 11.1 Å². The van der Waals surface area contributed by atoms with Gasteiger partial charge in [-0.3, -0.25) is 0 Å². The molecule has 156 valence electrons. The highest BCUT2D eigenvalue weighted by Gasteiger charge is 2.14. The Bertz CT molecular complexity index is 977. The summed E-state index contributed by atoms with van der Waals surface area (Å²) < 4.78 is 12.2. The van der Waals surface area contributed by atoms with Crippen molar-refractivity contribution < 1.29 is 9.47 Å². The standard InChI is InChI=1S/C27H31NO2/c1-5-8-24-16-23(18-28-25-10-7-9-21(4)15-25)17-26(29-6-2)27(24)30-19-22-13-11-20(3)12-14-22/h5,7,9-17,28H,1,6,8,18-19H2,2-4H3. The molecule has 30 heavy (non-hydrogen) atoms. The highest BCUT2D eigenvalue weighted by molar-refractivity contribution is 5.52. The molecule has 0 heterocycles. The monoisotopic (exact) mass is 401 g/mol. The fourth-order valence-electron chi connectivity index (χ4n) is 3.36. The number of nitrogens with one attached hydrogen (secondary N) is 1. The van der Waals surface area contributed by atoms with Crippen LogP contribution in [0.15, 0.2) is 73.3 Å². The number of ether oxygens (including phenoxy) is 2. The van der Waals surface area contributed by atoms with Crippen LogP contribution in [0.5, 0.6) is 11.5 Å². The average Bonchev–Trinajstić information content (AvgIpc) is 2.73. The first-order chi connectivity index (χ1) is 14.6. The van der Waals surface area contributed by atoms with E-state index in [1.54, 1.807) is 0 Å². The second-order valence-corrected chi connectivity index (χ2v) is 7.51. The molecule has 0 bridgehead atoms. The number of benzene rings is 3. The second kappa shape index (κ2) is 10.5. The van der Waals surface area contributed by atoms with Crippen molar-refractivity contribution in [3.63, 3.8) is 0 Å². The Labute approximate surface area is 180 Å². The van der Waals surface area contributed by atoms with Gasteiger partial charge in [0.25, 0.3) is 0 Å². The predicted molar refractivity (Wildman–Crippen MR) is 126 cm³/mol. The van der Waals surface area contributed by atoms with E-state index in [0.717, 1.165) is 40.3 Å². The average molecular weight is 402 g/mol. The van der Waals surface area contributed by atoms with Crippen molar-refractivity contribution in [1.29, 1.82) is 0 Å². The molecule has 3 aromatic rings. The summed E-state index contributed by atoms with van der Waals surface area (Å²) in [6.07, 6.45) is 2.63. The molecule has 0 unspecified atom stereocenters. The third-order valence-corrected chi connectivity index (χ3v) is 4.87. The number of anilines is 1. The molecule has 0 fully saturated rings. The summed E-state index contributed by atoms with van der Waals surface area (Å²) in [5, 5.41) is 3.50. The molecule has 0 amide bonds. The highest BCUT2D eigenvalue weighted by atomic mass is 16.5. The van der Waals surface area contributed by atoms with Gasteiger partial charge in [-0.25, -0.2) is 0 Å². The molecule has 0 aromatic heterocycles. The maximum absolute atomic E-state index is 6.24. The molecule has 1 N–H and O–H groups in total. The molecule has 0 aliphatic carbocycles. The van der Waals surface area contributed by atoms with Gasteiger partial charge in [-0.05, 0) is 68.1 Å². The summed E-state index contributed by atoms with van der Waals surface area (Å²) in [5.41, 5.74) is 6.97. The zero-order valence-electron chi connectivity index (χ0n) is 18.2. The van der Waals surface area contributed by atoms with Gasteiger partial charge in [-0.1, -0.05) is 48.0 Å². The number of rotatable bonds is 10. The van der Waals surface area contributed by atoms with E-state index in [2.05, 4.69) is 86.4 Å². The smallest absolute Gasteiger partial charge is 0.165 e. The van der Waals surface area contributed by atoms with Gasteiger partial charge in [0, 0.05) is 17.8 Å². The van der Waals surface area contributed by atoms with Crippen LogP contribution in [0.1, 0.15) is 34.7 Å². The summed E-state index contributed by atoms with van der Waals surface area (Å²) in [6.45, 7) is 11.9. The van der Waals surface area contributed by atoms with E-state index < -0.39 is 0 Å². The van der Waals surface area contributed by atoms with Gasteiger partial charge in [0.2, 0.25) is 0 Å². The van der Waals surface area contributed by atoms with Gasteiger partial charge in [0.1, 0.15) is 6.61 Å². The number of hydrogen-bond donors (Lipinski definition) is 1. The Balaban J connectivity index is 1.83. The van der Waals surface area contributed by atoms with E-state index in [-0.39, 0.29) is 0 Å². The Kier molecular flexibility index (Phi) is 7.56. The van der Waals surface area contributed by atoms with E-state index >= 15 is 0 Å². The molecule has 0 saturated heterocycles. The van der Waals surface area contributed by atoms with E-state index in [9.17, 15) is 0 Å². The molecule has 0 aliphatic rings. The quantitative estimate of drug-likeness (QED) is 0.387. The lowest BCUT2D eigenvalue weighted by Gasteiger charge is -2.18. The summed E-state index contributed by atoms with van der Waals surface area (Å²) in [7, 11) is 0. The highest BCUT2D eigenvalue weighted by Crippen LogP contribution is 2.35. The van der Waals surface area contributed by atoms with Crippen molar-refractivity contribution in [1.82, 2.24) is 0 Å². The molecule has 3 rings (SSSR count). The van der Waals surface area contributed by atoms with E-state index in [0.29, 0.717) is 19.8 Å². The Morgan fingerprint density at radius 3 is 2.40 bits per heavy atom. The zero-order valence-corrected chi connectivity index (χ0v) is 18.2. The third kappa shape index (κ3) is 5.90. The second-order valence-electron chi connectivity index (χ2n) is 7.51. The lowest BCUT2D eigenvalue weighted by atomic mass is 10.0. The van der Waals surface area contributed by atoms with Crippen LogP contribution in [0.4, 0.5) is 5.69 Å². The number of aryl methyl sites for hydroxylation is 2. The minimum Gasteiger partial charge on any atom is -0.490 e. The van der Waals surface area contributed by atoms with Crippen LogP contribution in [0.2, 0.25) is 0 Å². The minimum atomic E-state index is 0.505. The fraction of sp³-hybridized carbons (Fsp3) is 0.259. The molecule has 3 aromatic carbocycles.